The van der Waals surface area contributed by atoms with Crippen molar-refractivity contribution in [2.45, 2.75) is 12.5 Å². The first-order valence-corrected chi connectivity index (χ1v) is 8.63. The third kappa shape index (κ3) is 3.80. The van der Waals surface area contributed by atoms with Gasteiger partial charge in [0.25, 0.3) is 0 Å². The molecule has 0 aliphatic carbocycles. The molecule has 5 nitrogen and oxygen atoms in total. The van der Waals surface area contributed by atoms with Gasteiger partial charge in [-0.1, -0.05) is 18.2 Å². The molecule has 138 valence electrons. The number of methoxy groups -OCH3 is 1. The zero-order chi connectivity index (χ0) is 18.7. The van der Waals surface area contributed by atoms with Gasteiger partial charge >= 0.3 is 6.03 Å². The summed E-state index contributed by atoms with van der Waals surface area (Å²) in [5.41, 5.74) is 2.71. The van der Waals surface area contributed by atoms with Crippen molar-refractivity contribution in [3.63, 3.8) is 0 Å². The van der Waals surface area contributed by atoms with E-state index in [1.807, 2.05) is 43.3 Å². The highest BCUT2D eigenvalue weighted by atomic mass is 19.1. The Morgan fingerprint density at radius 2 is 2.12 bits per heavy atom. The minimum absolute atomic E-state index is 0.00336. The number of nitrogens with zero attached hydrogens (tertiary/aromatic N) is 2. The summed E-state index contributed by atoms with van der Waals surface area (Å²) in [5, 5.41) is 2.98. The smallest absolute Gasteiger partial charge is 0.321 e. The number of ether oxygens (including phenoxy) is 1. The van der Waals surface area contributed by atoms with E-state index >= 15 is 0 Å². The first-order chi connectivity index (χ1) is 12.5. The van der Waals surface area contributed by atoms with Crippen molar-refractivity contribution in [2.24, 2.45) is 0 Å². The van der Waals surface area contributed by atoms with Crippen LogP contribution >= 0.6 is 0 Å². The van der Waals surface area contributed by atoms with Crippen LogP contribution in [0.25, 0.3) is 0 Å². The Balaban J connectivity index is 1.70. The Morgan fingerprint density at radius 1 is 1.31 bits per heavy atom. The number of carbonyl (C=O) groups is 1. The molecule has 1 aliphatic rings. The summed E-state index contributed by atoms with van der Waals surface area (Å²) in [6, 6.07) is 12.2. The van der Waals surface area contributed by atoms with Crippen molar-refractivity contribution in [3.05, 3.63) is 59.4 Å². The van der Waals surface area contributed by atoms with E-state index in [-0.39, 0.29) is 17.9 Å². The highest BCUT2D eigenvalue weighted by Crippen LogP contribution is 2.29. The van der Waals surface area contributed by atoms with Gasteiger partial charge in [-0.25, -0.2) is 9.18 Å². The first-order valence-electron chi connectivity index (χ1n) is 8.63. The van der Waals surface area contributed by atoms with Crippen LogP contribution < -0.4 is 15.0 Å². The molecule has 0 aromatic heterocycles. The van der Waals surface area contributed by atoms with Crippen LogP contribution in [0, 0.1) is 5.82 Å². The number of carbonyl (C=O) groups excluding carboxylic acids is 1. The molecule has 2 aromatic carbocycles. The molecule has 3 rings (SSSR count). The van der Waals surface area contributed by atoms with Crippen LogP contribution in [0.4, 0.5) is 14.9 Å². The molecular weight excluding hydrogens is 333 g/mol. The number of hydrogen-bond donors (Lipinski definition) is 1. The fourth-order valence-corrected chi connectivity index (χ4v) is 3.29. The number of halogens is 1. The number of nitrogens with one attached hydrogen (secondary N) is 1. The second-order valence-electron chi connectivity index (χ2n) is 6.62. The maximum Gasteiger partial charge on any atom is 0.321 e. The summed E-state index contributed by atoms with van der Waals surface area (Å²) in [4.78, 5) is 16.3. The molecule has 1 aliphatic heterocycles. The summed E-state index contributed by atoms with van der Waals surface area (Å²) >= 11 is 0. The zero-order valence-corrected chi connectivity index (χ0v) is 15.3. The van der Waals surface area contributed by atoms with Gasteiger partial charge in [0.2, 0.25) is 0 Å². The summed E-state index contributed by atoms with van der Waals surface area (Å²) in [7, 11) is 5.57. The van der Waals surface area contributed by atoms with Crippen molar-refractivity contribution in [1.82, 2.24) is 10.2 Å². The van der Waals surface area contributed by atoms with Crippen LogP contribution in [0.3, 0.4) is 0 Å². The summed E-state index contributed by atoms with van der Waals surface area (Å²) in [6.07, 6.45) is 0.746. The van der Waals surface area contributed by atoms with E-state index in [1.54, 1.807) is 18.1 Å². The van der Waals surface area contributed by atoms with Crippen LogP contribution in [0.15, 0.2) is 42.5 Å². The van der Waals surface area contributed by atoms with Crippen LogP contribution in [0.2, 0.25) is 0 Å². The molecule has 2 aromatic rings. The van der Waals surface area contributed by atoms with E-state index in [0.717, 1.165) is 23.3 Å². The minimum Gasteiger partial charge on any atom is -0.497 e. The Hall–Kier alpha value is -2.60. The largest absolute Gasteiger partial charge is 0.497 e. The van der Waals surface area contributed by atoms with Gasteiger partial charge in [-0.05, 0) is 55.9 Å². The molecule has 6 heteroatoms. The zero-order valence-electron chi connectivity index (χ0n) is 15.3. The minimum atomic E-state index is -0.328. The lowest BCUT2D eigenvalue weighted by molar-refractivity contribution is 0.238. The van der Waals surface area contributed by atoms with Crippen molar-refractivity contribution in [2.75, 3.05) is 39.2 Å². The molecule has 0 saturated carbocycles. The lowest BCUT2D eigenvalue weighted by atomic mass is 10.1. The van der Waals surface area contributed by atoms with Crippen LogP contribution in [0.5, 0.6) is 5.75 Å². The maximum absolute atomic E-state index is 13.5. The topological polar surface area (TPSA) is 44.8 Å². The monoisotopic (exact) mass is 357 g/mol. The van der Waals surface area contributed by atoms with Gasteiger partial charge in [-0.3, -0.25) is 4.90 Å². The molecule has 1 heterocycles. The number of amides is 2. The second kappa shape index (κ2) is 7.74. The number of likely N-dealkylation sites (N-methyl/N-ethyl adjacent to an activating group) is 1. The fraction of sp³-hybridized carbons (Fsp3) is 0.350. The van der Waals surface area contributed by atoms with E-state index in [4.69, 9.17) is 4.74 Å². The van der Waals surface area contributed by atoms with Crippen molar-refractivity contribution < 1.29 is 13.9 Å². The van der Waals surface area contributed by atoms with Crippen LogP contribution in [-0.2, 0) is 6.42 Å². The summed E-state index contributed by atoms with van der Waals surface area (Å²) in [6.45, 7) is 1.01. The predicted octanol–water partition coefficient (Wildman–Crippen LogP) is 3.21. The molecule has 1 atom stereocenters. The molecule has 2 amide bonds. The van der Waals surface area contributed by atoms with Gasteiger partial charge in [-0.2, -0.15) is 0 Å². The van der Waals surface area contributed by atoms with E-state index in [0.29, 0.717) is 18.8 Å². The number of anilines is 1. The molecule has 26 heavy (non-hydrogen) atoms. The molecule has 0 bridgehead atoms. The molecule has 0 fully saturated rings. The Morgan fingerprint density at radius 3 is 2.85 bits per heavy atom. The lowest BCUT2D eigenvalue weighted by Gasteiger charge is -2.27. The Bertz CT molecular complexity index is 794. The lowest BCUT2D eigenvalue weighted by Crippen LogP contribution is -2.42. The summed E-state index contributed by atoms with van der Waals surface area (Å²) in [5.74, 6) is 0.454. The second-order valence-corrected chi connectivity index (χ2v) is 6.62. The summed E-state index contributed by atoms with van der Waals surface area (Å²) < 4.78 is 18.8. The van der Waals surface area contributed by atoms with Gasteiger partial charge in [0.1, 0.15) is 11.6 Å². The SMILES string of the molecule is COc1cccc(C(CNC(=O)N2CCc3ccc(F)cc32)N(C)C)c1. The van der Waals surface area contributed by atoms with E-state index in [9.17, 15) is 9.18 Å². The molecule has 0 spiro atoms. The van der Waals surface area contributed by atoms with Gasteiger partial charge in [0.05, 0.1) is 18.8 Å². The molecular formula is C20H24FN3O2. The third-order valence-corrected chi connectivity index (χ3v) is 4.74. The predicted molar refractivity (Wildman–Crippen MR) is 100 cm³/mol. The molecule has 0 saturated heterocycles. The highest BCUT2D eigenvalue weighted by Gasteiger charge is 2.26. The highest BCUT2D eigenvalue weighted by molar-refractivity contribution is 5.94. The molecule has 0 radical (unpaired) electrons. The van der Waals surface area contributed by atoms with Crippen LogP contribution in [0.1, 0.15) is 17.2 Å². The van der Waals surface area contributed by atoms with Crippen molar-refractivity contribution >= 4 is 11.7 Å². The standard InChI is InChI=1S/C20H24FN3O2/c1-23(2)19(15-5-4-6-17(11-15)26-3)13-22-20(25)24-10-9-14-7-8-16(21)12-18(14)24/h4-8,11-12,19H,9-10,13H2,1-3H3,(H,22,25). The van der Waals surface area contributed by atoms with Crippen molar-refractivity contribution in [3.8, 4) is 5.75 Å². The maximum atomic E-state index is 13.5. The van der Waals surface area contributed by atoms with Crippen LogP contribution in [-0.4, -0.2) is 45.2 Å². The van der Waals surface area contributed by atoms with E-state index in [1.165, 1.54) is 12.1 Å². The third-order valence-electron chi connectivity index (χ3n) is 4.74. The number of benzene rings is 2. The van der Waals surface area contributed by atoms with E-state index < -0.39 is 0 Å². The van der Waals surface area contributed by atoms with Gasteiger partial charge in [0, 0.05) is 13.1 Å². The Labute approximate surface area is 153 Å². The first kappa shape index (κ1) is 18.2. The molecule has 1 N–H and O–H groups in total. The Kier molecular flexibility index (Phi) is 5.42. The normalized spacial score (nSPS) is 14.3. The number of urea groups is 1. The molecule has 1 unspecified atom stereocenters. The van der Waals surface area contributed by atoms with Crippen molar-refractivity contribution in [1.29, 1.82) is 0 Å². The van der Waals surface area contributed by atoms with Gasteiger partial charge in [0.15, 0.2) is 0 Å². The number of fused-ring (bicyclic) bond motifs is 1. The van der Waals surface area contributed by atoms with Gasteiger partial charge < -0.3 is 15.0 Å². The average Bonchev–Trinajstić information content (AvgIpc) is 3.04. The fourth-order valence-electron chi connectivity index (χ4n) is 3.29. The average molecular weight is 357 g/mol. The van der Waals surface area contributed by atoms with Gasteiger partial charge in [-0.15, -0.1) is 0 Å². The number of rotatable bonds is 5. The quantitative estimate of drug-likeness (QED) is 0.894. The number of hydrogen-bond acceptors (Lipinski definition) is 3. The van der Waals surface area contributed by atoms with E-state index in [2.05, 4.69) is 5.32 Å².